The Labute approximate surface area is 144 Å². The van der Waals surface area contributed by atoms with Gasteiger partial charge in [-0.3, -0.25) is 9.69 Å². The SMILES string of the molecule is CCCNC(=O)c1ccc(CN(Cc2ccccc2)C(C)(C)C)o1. The lowest BCUT2D eigenvalue weighted by atomic mass is 10.0. The van der Waals surface area contributed by atoms with Crippen molar-refractivity contribution in [3.63, 3.8) is 0 Å². The Morgan fingerprint density at radius 1 is 1.08 bits per heavy atom. The van der Waals surface area contributed by atoms with Crippen molar-refractivity contribution in [3.8, 4) is 0 Å². The van der Waals surface area contributed by atoms with Gasteiger partial charge in [0, 0.05) is 18.6 Å². The van der Waals surface area contributed by atoms with Crippen LogP contribution >= 0.6 is 0 Å². The average Bonchev–Trinajstić information content (AvgIpc) is 3.01. The molecule has 0 atom stereocenters. The van der Waals surface area contributed by atoms with Crippen LogP contribution in [-0.2, 0) is 13.1 Å². The monoisotopic (exact) mass is 328 g/mol. The van der Waals surface area contributed by atoms with Crippen LogP contribution in [-0.4, -0.2) is 22.9 Å². The van der Waals surface area contributed by atoms with Crippen molar-refractivity contribution >= 4 is 5.91 Å². The summed E-state index contributed by atoms with van der Waals surface area (Å²) >= 11 is 0. The van der Waals surface area contributed by atoms with Crippen LogP contribution in [0, 0.1) is 0 Å². The van der Waals surface area contributed by atoms with Crippen molar-refractivity contribution < 1.29 is 9.21 Å². The summed E-state index contributed by atoms with van der Waals surface area (Å²) in [5, 5.41) is 2.84. The van der Waals surface area contributed by atoms with Crippen molar-refractivity contribution in [2.75, 3.05) is 6.54 Å². The molecule has 0 spiro atoms. The highest BCUT2D eigenvalue weighted by Crippen LogP contribution is 2.21. The number of nitrogens with zero attached hydrogens (tertiary/aromatic N) is 1. The minimum absolute atomic E-state index is 0.00668. The number of rotatable bonds is 7. The number of nitrogens with one attached hydrogen (secondary N) is 1. The first-order chi connectivity index (χ1) is 11.4. The summed E-state index contributed by atoms with van der Waals surface area (Å²) in [6.45, 7) is 10.8. The van der Waals surface area contributed by atoms with Crippen LogP contribution in [0.2, 0.25) is 0 Å². The molecule has 2 aromatic rings. The second-order valence-electron chi connectivity index (χ2n) is 7.03. The fraction of sp³-hybridized carbons (Fsp3) is 0.450. The molecule has 0 aliphatic carbocycles. The fourth-order valence-electron chi connectivity index (χ4n) is 2.43. The van der Waals surface area contributed by atoms with E-state index in [1.165, 1.54) is 5.56 Å². The van der Waals surface area contributed by atoms with Gasteiger partial charge >= 0.3 is 0 Å². The van der Waals surface area contributed by atoms with Gasteiger partial charge in [0.05, 0.1) is 6.54 Å². The smallest absolute Gasteiger partial charge is 0.286 e. The first-order valence-corrected chi connectivity index (χ1v) is 8.56. The maximum atomic E-state index is 12.0. The van der Waals surface area contributed by atoms with Crippen LogP contribution < -0.4 is 5.32 Å². The molecule has 0 fully saturated rings. The summed E-state index contributed by atoms with van der Waals surface area (Å²) in [4.78, 5) is 14.3. The van der Waals surface area contributed by atoms with Crippen LogP contribution in [0.4, 0.5) is 0 Å². The summed E-state index contributed by atoms with van der Waals surface area (Å²) in [5.74, 6) is 1.04. The molecule has 4 nitrogen and oxygen atoms in total. The number of furan rings is 1. The van der Waals surface area contributed by atoms with E-state index in [2.05, 4.69) is 55.3 Å². The molecular formula is C20H28N2O2. The molecule has 0 aliphatic heterocycles. The molecule has 0 radical (unpaired) electrons. The minimum Gasteiger partial charge on any atom is -0.455 e. The van der Waals surface area contributed by atoms with Gasteiger partial charge in [0.2, 0.25) is 0 Å². The Balaban J connectivity index is 2.07. The number of carbonyl (C=O) groups is 1. The van der Waals surface area contributed by atoms with Crippen molar-refractivity contribution in [2.24, 2.45) is 0 Å². The maximum Gasteiger partial charge on any atom is 0.286 e. The van der Waals surface area contributed by atoms with Crippen LogP contribution in [0.3, 0.4) is 0 Å². The predicted octanol–water partition coefficient (Wildman–Crippen LogP) is 4.22. The first-order valence-electron chi connectivity index (χ1n) is 8.56. The minimum atomic E-state index is -0.145. The van der Waals surface area contributed by atoms with E-state index in [0.29, 0.717) is 18.8 Å². The molecular weight excluding hydrogens is 300 g/mol. The zero-order chi connectivity index (χ0) is 17.6. The topological polar surface area (TPSA) is 45.5 Å². The standard InChI is InChI=1S/C20H28N2O2/c1-5-13-21-19(23)18-12-11-17(24-18)15-22(20(2,3)4)14-16-9-7-6-8-10-16/h6-12H,5,13-15H2,1-4H3,(H,21,23). The van der Waals surface area contributed by atoms with Crippen LogP contribution in [0.5, 0.6) is 0 Å². The third kappa shape index (κ3) is 5.24. The number of benzene rings is 1. The predicted molar refractivity (Wildman–Crippen MR) is 96.8 cm³/mol. The van der Waals surface area contributed by atoms with Gasteiger partial charge in [-0.15, -0.1) is 0 Å². The zero-order valence-corrected chi connectivity index (χ0v) is 15.1. The molecule has 2 rings (SSSR count). The molecule has 0 bridgehead atoms. The molecule has 1 N–H and O–H groups in total. The Kier molecular flexibility index (Phi) is 6.21. The number of hydrogen-bond acceptors (Lipinski definition) is 3. The van der Waals surface area contributed by atoms with Crippen molar-refractivity contribution in [1.29, 1.82) is 0 Å². The lowest BCUT2D eigenvalue weighted by molar-refractivity contribution is 0.0906. The van der Waals surface area contributed by atoms with Gasteiger partial charge < -0.3 is 9.73 Å². The van der Waals surface area contributed by atoms with E-state index in [1.54, 1.807) is 6.07 Å². The first kappa shape index (κ1) is 18.3. The van der Waals surface area contributed by atoms with E-state index in [-0.39, 0.29) is 11.4 Å². The van der Waals surface area contributed by atoms with E-state index in [0.717, 1.165) is 18.7 Å². The van der Waals surface area contributed by atoms with Crippen LogP contribution in [0.25, 0.3) is 0 Å². The number of hydrogen-bond donors (Lipinski definition) is 1. The highest BCUT2D eigenvalue weighted by Gasteiger charge is 2.23. The summed E-state index contributed by atoms with van der Waals surface area (Å²) in [7, 11) is 0. The molecule has 1 aromatic carbocycles. The molecule has 0 unspecified atom stereocenters. The Hall–Kier alpha value is -2.07. The summed E-state index contributed by atoms with van der Waals surface area (Å²) < 4.78 is 5.75. The van der Waals surface area contributed by atoms with E-state index in [1.807, 2.05) is 19.1 Å². The van der Waals surface area contributed by atoms with Gasteiger partial charge in [-0.05, 0) is 44.9 Å². The van der Waals surface area contributed by atoms with Crippen LogP contribution in [0.1, 0.15) is 56.0 Å². The van der Waals surface area contributed by atoms with Gasteiger partial charge in [-0.1, -0.05) is 37.3 Å². The zero-order valence-electron chi connectivity index (χ0n) is 15.1. The Bertz CT molecular complexity index is 641. The van der Waals surface area contributed by atoms with Gasteiger partial charge in [-0.25, -0.2) is 0 Å². The molecule has 0 saturated carbocycles. The largest absolute Gasteiger partial charge is 0.455 e. The third-order valence-electron chi connectivity index (χ3n) is 3.93. The summed E-state index contributed by atoms with van der Waals surface area (Å²) in [5.41, 5.74) is 1.26. The van der Waals surface area contributed by atoms with E-state index in [4.69, 9.17) is 4.42 Å². The van der Waals surface area contributed by atoms with Gasteiger partial charge in [0.1, 0.15) is 5.76 Å². The van der Waals surface area contributed by atoms with E-state index in [9.17, 15) is 4.79 Å². The second-order valence-corrected chi connectivity index (χ2v) is 7.03. The molecule has 1 aromatic heterocycles. The summed E-state index contributed by atoms with van der Waals surface area (Å²) in [6.07, 6.45) is 0.911. The Morgan fingerprint density at radius 2 is 1.79 bits per heavy atom. The molecule has 0 saturated heterocycles. The van der Waals surface area contributed by atoms with Gasteiger partial charge in [0.15, 0.2) is 5.76 Å². The molecule has 0 aliphatic rings. The van der Waals surface area contributed by atoms with E-state index < -0.39 is 0 Å². The Morgan fingerprint density at radius 3 is 2.42 bits per heavy atom. The molecule has 4 heteroatoms. The molecule has 1 heterocycles. The van der Waals surface area contributed by atoms with Gasteiger partial charge in [-0.2, -0.15) is 0 Å². The number of carbonyl (C=O) groups excluding carboxylic acids is 1. The highest BCUT2D eigenvalue weighted by molar-refractivity contribution is 5.91. The normalized spacial score (nSPS) is 11.7. The van der Waals surface area contributed by atoms with Crippen molar-refractivity contribution in [2.45, 2.75) is 52.7 Å². The highest BCUT2D eigenvalue weighted by atomic mass is 16.4. The molecule has 24 heavy (non-hydrogen) atoms. The van der Waals surface area contributed by atoms with Crippen LogP contribution in [0.15, 0.2) is 46.9 Å². The quantitative estimate of drug-likeness (QED) is 0.827. The fourth-order valence-corrected chi connectivity index (χ4v) is 2.43. The maximum absolute atomic E-state index is 12.0. The second kappa shape index (κ2) is 8.15. The lowest BCUT2D eigenvalue weighted by Crippen LogP contribution is -2.40. The lowest BCUT2D eigenvalue weighted by Gasteiger charge is -2.35. The summed E-state index contributed by atoms with van der Waals surface area (Å²) in [6, 6.07) is 14.0. The average molecular weight is 328 g/mol. The molecule has 1 amide bonds. The third-order valence-corrected chi connectivity index (χ3v) is 3.93. The van der Waals surface area contributed by atoms with Crippen molar-refractivity contribution in [3.05, 3.63) is 59.5 Å². The van der Waals surface area contributed by atoms with Crippen molar-refractivity contribution in [1.82, 2.24) is 10.2 Å². The van der Waals surface area contributed by atoms with E-state index >= 15 is 0 Å². The van der Waals surface area contributed by atoms with Gasteiger partial charge in [0.25, 0.3) is 5.91 Å². The molecule has 130 valence electrons. The number of amides is 1.